The van der Waals surface area contributed by atoms with E-state index in [0.29, 0.717) is 12.5 Å². The van der Waals surface area contributed by atoms with E-state index in [1.165, 1.54) is 0 Å². The first-order chi connectivity index (χ1) is 7.77. The maximum atomic E-state index is 5.95. The summed E-state index contributed by atoms with van der Waals surface area (Å²) < 4.78 is 0. The van der Waals surface area contributed by atoms with Gasteiger partial charge in [-0.15, -0.1) is 0 Å². The summed E-state index contributed by atoms with van der Waals surface area (Å²) in [6.45, 7) is 4.61. The summed E-state index contributed by atoms with van der Waals surface area (Å²) in [5.74, 6) is 2.93. The fourth-order valence-electron chi connectivity index (χ4n) is 1.59. The number of aliphatic imine (C=N–C) groups is 1. The van der Waals surface area contributed by atoms with E-state index in [4.69, 9.17) is 5.73 Å². The number of rotatable bonds is 2. The second-order valence-corrected chi connectivity index (χ2v) is 5.02. The molecule has 2 rings (SSSR count). The highest BCUT2D eigenvalue weighted by Crippen LogP contribution is 2.09. The first kappa shape index (κ1) is 11.3. The zero-order valence-electron chi connectivity index (χ0n) is 9.44. The quantitative estimate of drug-likeness (QED) is 0.585. The van der Waals surface area contributed by atoms with Crippen molar-refractivity contribution in [1.82, 2.24) is 15.1 Å². The van der Waals surface area contributed by atoms with Crippen molar-refractivity contribution in [2.75, 3.05) is 24.6 Å². The van der Waals surface area contributed by atoms with Gasteiger partial charge < -0.3 is 10.6 Å². The van der Waals surface area contributed by atoms with Crippen LogP contribution in [0.5, 0.6) is 0 Å². The highest BCUT2D eigenvalue weighted by molar-refractivity contribution is 7.99. The van der Waals surface area contributed by atoms with Gasteiger partial charge in [0.1, 0.15) is 0 Å². The third kappa shape index (κ3) is 2.69. The maximum absolute atomic E-state index is 5.95. The lowest BCUT2D eigenvalue weighted by Crippen LogP contribution is -2.42. The molecule has 3 N–H and O–H groups in total. The molecular formula is C10H17N5S. The molecule has 1 saturated heterocycles. The van der Waals surface area contributed by atoms with Gasteiger partial charge in [0.05, 0.1) is 12.7 Å². The Hall–Kier alpha value is -1.17. The molecule has 0 atom stereocenters. The number of aromatic nitrogens is 2. The third-order valence-corrected chi connectivity index (χ3v) is 3.62. The van der Waals surface area contributed by atoms with Crippen LogP contribution >= 0.6 is 11.8 Å². The van der Waals surface area contributed by atoms with E-state index in [1.54, 1.807) is 6.20 Å². The molecule has 1 aliphatic rings. The zero-order valence-corrected chi connectivity index (χ0v) is 10.3. The maximum Gasteiger partial charge on any atom is 0.191 e. The monoisotopic (exact) mass is 239 g/mol. The van der Waals surface area contributed by atoms with E-state index in [0.717, 1.165) is 35.9 Å². The summed E-state index contributed by atoms with van der Waals surface area (Å²) in [5.41, 5.74) is 8.12. The topological polar surface area (TPSA) is 70.3 Å². The molecule has 2 heterocycles. The fourth-order valence-corrected chi connectivity index (χ4v) is 2.50. The van der Waals surface area contributed by atoms with Crippen LogP contribution in [0.3, 0.4) is 0 Å². The number of aromatic amines is 1. The molecule has 0 unspecified atom stereocenters. The van der Waals surface area contributed by atoms with Gasteiger partial charge in [-0.2, -0.15) is 16.9 Å². The Morgan fingerprint density at radius 3 is 3.00 bits per heavy atom. The van der Waals surface area contributed by atoms with E-state index in [1.807, 2.05) is 18.7 Å². The van der Waals surface area contributed by atoms with Gasteiger partial charge in [0.25, 0.3) is 0 Å². The Labute approximate surface area is 99.5 Å². The lowest BCUT2D eigenvalue weighted by molar-refractivity contribution is 0.455. The Morgan fingerprint density at radius 1 is 1.62 bits per heavy atom. The average molecular weight is 239 g/mol. The molecule has 1 fully saturated rings. The number of nitrogens with one attached hydrogen (secondary N) is 1. The molecule has 88 valence electrons. The van der Waals surface area contributed by atoms with Crippen LogP contribution in [0.1, 0.15) is 11.3 Å². The van der Waals surface area contributed by atoms with Crippen molar-refractivity contribution < 1.29 is 0 Å². The van der Waals surface area contributed by atoms with Crippen molar-refractivity contribution in [2.24, 2.45) is 10.7 Å². The number of guanidine groups is 1. The van der Waals surface area contributed by atoms with Crippen molar-refractivity contribution in [2.45, 2.75) is 13.5 Å². The van der Waals surface area contributed by atoms with Gasteiger partial charge in [0.2, 0.25) is 0 Å². The molecule has 0 saturated carbocycles. The van der Waals surface area contributed by atoms with Crippen LogP contribution in [0.4, 0.5) is 0 Å². The summed E-state index contributed by atoms with van der Waals surface area (Å²) in [7, 11) is 0. The summed E-state index contributed by atoms with van der Waals surface area (Å²) in [4.78, 5) is 6.55. The average Bonchev–Trinajstić information content (AvgIpc) is 2.73. The molecule has 0 amide bonds. The minimum atomic E-state index is 0.609. The number of hydrogen-bond acceptors (Lipinski definition) is 3. The van der Waals surface area contributed by atoms with E-state index in [9.17, 15) is 0 Å². The van der Waals surface area contributed by atoms with E-state index < -0.39 is 0 Å². The SMILES string of the molecule is Cc1[nH]ncc1CN=C(N)N1CCSCC1. The normalized spacial score (nSPS) is 17.8. The van der Waals surface area contributed by atoms with Gasteiger partial charge in [-0.25, -0.2) is 4.99 Å². The smallest absolute Gasteiger partial charge is 0.191 e. The van der Waals surface area contributed by atoms with Crippen molar-refractivity contribution in [3.63, 3.8) is 0 Å². The molecule has 0 spiro atoms. The molecule has 0 aromatic carbocycles. The van der Waals surface area contributed by atoms with Crippen LogP contribution in [0.25, 0.3) is 0 Å². The summed E-state index contributed by atoms with van der Waals surface area (Å²) in [6, 6.07) is 0. The molecule has 1 aromatic rings. The van der Waals surface area contributed by atoms with Crippen molar-refractivity contribution in [3.05, 3.63) is 17.5 Å². The Morgan fingerprint density at radius 2 is 2.38 bits per heavy atom. The van der Waals surface area contributed by atoms with Crippen LogP contribution in [-0.4, -0.2) is 45.7 Å². The molecule has 1 aromatic heterocycles. The van der Waals surface area contributed by atoms with Crippen molar-refractivity contribution >= 4 is 17.7 Å². The van der Waals surface area contributed by atoms with Gasteiger partial charge in [-0.1, -0.05) is 0 Å². The molecule has 16 heavy (non-hydrogen) atoms. The molecule has 0 bridgehead atoms. The molecule has 5 nitrogen and oxygen atoms in total. The molecule has 0 radical (unpaired) electrons. The molecular weight excluding hydrogens is 222 g/mol. The van der Waals surface area contributed by atoms with Crippen LogP contribution in [0.15, 0.2) is 11.2 Å². The Bertz CT molecular complexity index is 367. The van der Waals surface area contributed by atoms with Crippen LogP contribution in [0.2, 0.25) is 0 Å². The van der Waals surface area contributed by atoms with Gasteiger partial charge >= 0.3 is 0 Å². The number of aryl methyl sites for hydroxylation is 1. The largest absolute Gasteiger partial charge is 0.370 e. The summed E-state index contributed by atoms with van der Waals surface area (Å²) >= 11 is 1.97. The van der Waals surface area contributed by atoms with E-state index in [-0.39, 0.29) is 0 Å². The molecule has 0 aliphatic carbocycles. The van der Waals surface area contributed by atoms with Gasteiger partial charge in [-0.3, -0.25) is 5.10 Å². The van der Waals surface area contributed by atoms with E-state index in [2.05, 4.69) is 20.1 Å². The lowest BCUT2D eigenvalue weighted by Gasteiger charge is -2.27. The number of H-pyrrole nitrogens is 1. The second-order valence-electron chi connectivity index (χ2n) is 3.79. The standard InChI is InChI=1S/C10H17N5S/c1-8-9(7-13-14-8)6-12-10(11)15-2-4-16-5-3-15/h7H,2-6H2,1H3,(H2,11,12)(H,13,14). The van der Waals surface area contributed by atoms with Gasteiger partial charge in [-0.05, 0) is 6.92 Å². The highest BCUT2D eigenvalue weighted by atomic mass is 32.2. The Kier molecular flexibility index (Phi) is 3.71. The summed E-state index contributed by atoms with van der Waals surface area (Å²) in [5, 5.41) is 6.86. The molecule has 6 heteroatoms. The predicted octanol–water partition coefficient (Wildman–Crippen LogP) is 0.582. The molecule has 1 aliphatic heterocycles. The van der Waals surface area contributed by atoms with E-state index >= 15 is 0 Å². The second kappa shape index (κ2) is 5.25. The van der Waals surface area contributed by atoms with Crippen LogP contribution in [-0.2, 0) is 6.54 Å². The first-order valence-electron chi connectivity index (χ1n) is 5.39. The van der Waals surface area contributed by atoms with Crippen LogP contribution in [0, 0.1) is 6.92 Å². The first-order valence-corrected chi connectivity index (χ1v) is 6.54. The van der Waals surface area contributed by atoms with Crippen molar-refractivity contribution in [3.8, 4) is 0 Å². The highest BCUT2D eigenvalue weighted by Gasteiger charge is 2.12. The van der Waals surface area contributed by atoms with Crippen LogP contribution < -0.4 is 5.73 Å². The number of hydrogen-bond donors (Lipinski definition) is 2. The third-order valence-electron chi connectivity index (χ3n) is 2.68. The Balaban J connectivity index is 1.93. The number of nitrogens with zero attached hydrogens (tertiary/aromatic N) is 3. The lowest BCUT2D eigenvalue weighted by atomic mass is 10.3. The minimum Gasteiger partial charge on any atom is -0.370 e. The van der Waals surface area contributed by atoms with Gasteiger partial charge in [0.15, 0.2) is 5.96 Å². The van der Waals surface area contributed by atoms with Crippen molar-refractivity contribution in [1.29, 1.82) is 0 Å². The number of thioether (sulfide) groups is 1. The summed E-state index contributed by atoms with van der Waals surface area (Å²) in [6.07, 6.45) is 1.80. The minimum absolute atomic E-state index is 0.609. The predicted molar refractivity (Wildman–Crippen MR) is 67.5 cm³/mol. The van der Waals surface area contributed by atoms with Gasteiger partial charge in [0, 0.05) is 35.9 Å². The number of nitrogens with two attached hydrogens (primary N) is 1. The zero-order chi connectivity index (χ0) is 11.4. The fraction of sp³-hybridized carbons (Fsp3) is 0.600.